The van der Waals surface area contributed by atoms with Crippen molar-refractivity contribution in [2.24, 2.45) is 16.9 Å². The summed E-state index contributed by atoms with van der Waals surface area (Å²) in [7, 11) is 1.51. The van der Waals surface area contributed by atoms with Crippen LogP contribution in [0.2, 0.25) is 0 Å². The molecular formula is C33H40N6O4. The van der Waals surface area contributed by atoms with Crippen molar-refractivity contribution in [3.05, 3.63) is 96.1 Å². The number of hydrazine groups is 1. The lowest BCUT2D eigenvalue weighted by Crippen LogP contribution is -2.57. The molecular weight excluding hydrogens is 544 g/mol. The Labute approximate surface area is 252 Å². The summed E-state index contributed by atoms with van der Waals surface area (Å²) in [5.74, 6) is -0.959. The van der Waals surface area contributed by atoms with Gasteiger partial charge >= 0.3 is 12.1 Å². The van der Waals surface area contributed by atoms with Gasteiger partial charge < -0.3 is 11.5 Å². The van der Waals surface area contributed by atoms with Gasteiger partial charge in [-0.1, -0.05) is 87.5 Å². The molecule has 1 heterocycles. The smallest absolute Gasteiger partial charge is 0.320 e. The Kier molecular flexibility index (Phi) is 9.38. The second-order valence-corrected chi connectivity index (χ2v) is 12.1. The number of carbonyl (C=O) groups excluding carboxylic acids is 4. The average Bonchev–Trinajstić information content (AvgIpc) is 3.09. The molecule has 226 valence electrons. The normalized spacial score (nSPS) is 18.8. The van der Waals surface area contributed by atoms with Gasteiger partial charge in [0.1, 0.15) is 6.04 Å². The molecule has 0 aliphatic carbocycles. The largest absolute Gasteiger partial charge is 0.351 e. The fraction of sp³-hybridized carbons (Fsp3) is 0.333. The molecule has 0 bridgehead atoms. The second-order valence-electron chi connectivity index (χ2n) is 12.1. The van der Waals surface area contributed by atoms with Crippen LogP contribution in [0.3, 0.4) is 0 Å². The van der Waals surface area contributed by atoms with E-state index in [1.54, 1.807) is 24.3 Å². The van der Waals surface area contributed by atoms with Gasteiger partial charge in [0.05, 0.1) is 6.04 Å². The van der Waals surface area contributed by atoms with Crippen molar-refractivity contribution in [2.45, 2.75) is 58.0 Å². The highest BCUT2D eigenvalue weighted by atomic mass is 16.2. The Bertz CT molecular complexity index is 1460. The van der Waals surface area contributed by atoms with Crippen molar-refractivity contribution in [3.63, 3.8) is 0 Å². The number of amides is 6. The summed E-state index contributed by atoms with van der Waals surface area (Å²) in [5, 5.41) is 1.38. The van der Waals surface area contributed by atoms with Gasteiger partial charge in [0.15, 0.2) is 0 Å². The quantitative estimate of drug-likeness (QED) is 0.356. The molecule has 10 heteroatoms. The van der Waals surface area contributed by atoms with Crippen LogP contribution in [0, 0.1) is 5.41 Å². The van der Waals surface area contributed by atoms with Crippen LogP contribution < -0.4 is 26.7 Å². The number of anilines is 2. The topological polar surface area (TPSA) is 142 Å². The van der Waals surface area contributed by atoms with E-state index in [1.165, 1.54) is 21.9 Å². The van der Waals surface area contributed by atoms with Gasteiger partial charge in [-0.05, 0) is 53.5 Å². The molecule has 4 rings (SSSR count). The van der Waals surface area contributed by atoms with Crippen LogP contribution in [0.25, 0.3) is 0 Å². The minimum atomic E-state index is -1.07. The van der Waals surface area contributed by atoms with Gasteiger partial charge in [-0.2, -0.15) is 0 Å². The van der Waals surface area contributed by atoms with E-state index in [0.29, 0.717) is 17.8 Å². The first kappa shape index (κ1) is 31.1. The van der Waals surface area contributed by atoms with Crippen molar-refractivity contribution in [3.8, 4) is 0 Å². The Balaban J connectivity index is 1.86. The molecule has 0 radical (unpaired) electrons. The Morgan fingerprint density at radius 1 is 0.837 bits per heavy atom. The second kappa shape index (κ2) is 13.0. The molecule has 1 fully saturated rings. The molecule has 6 amide bonds. The van der Waals surface area contributed by atoms with Crippen LogP contribution in [-0.4, -0.2) is 42.0 Å². The molecule has 43 heavy (non-hydrogen) atoms. The summed E-state index contributed by atoms with van der Waals surface area (Å²) in [6.07, 6.45) is 0.922. The van der Waals surface area contributed by atoms with Crippen LogP contribution in [0.1, 0.15) is 63.1 Å². The van der Waals surface area contributed by atoms with E-state index < -0.39 is 30.1 Å². The van der Waals surface area contributed by atoms with Gasteiger partial charge in [0.25, 0.3) is 5.91 Å². The third kappa shape index (κ3) is 7.51. The lowest BCUT2D eigenvalue weighted by atomic mass is 9.86. The number of hydrogen-bond donors (Lipinski definition) is 3. The lowest BCUT2D eigenvalue weighted by molar-refractivity contribution is -0.145. The zero-order valence-corrected chi connectivity index (χ0v) is 25.1. The average molecular weight is 585 g/mol. The summed E-state index contributed by atoms with van der Waals surface area (Å²) in [6.45, 7) is 5.85. The van der Waals surface area contributed by atoms with Crippen molar-refractivity contribution in [1.82, 2.24) is 10.4 Å². The number of urea groups is 2. The third-order valence-electron chi connectivity index (χ3n) is 7.62. The number of rotatable bonds is 7. The number of nitrogens with zero attached hydrogens (tertiary/aromatic N) is 3. The molecule has 1 saturated heterocycles. The molecule has 1 aliphatic heterocycles. The number of nitrogens with two attached hydrogens (primary N) is 2. The summed E-state index contributed by atoms with van der Waals surface area (Å²) in [5.41, 5.74) is 16.6. The van der Waals surface area contributed by atoms with Crippen LogP contribution >= 0.6 is 0 Å². The number of primary amides is 2. The van der Waals surface area contributed by atoms with E-state index in [2.05, 4.69) is 5.43 Å². The van der Waals surface area contributed by atoms with Gasteiger partial charge in [-0.3, -0.25) is 24.8 Å². The molecule has 3 atom stereocenters. The highest BCUT2D eigenvalue weighted by Gasteiger charge is 2.43. The maximum absolute atomic E-state index is 14.6. The number of nitrogens with one attached hydrogen (secondary N) is 1. The third-order valence-corrected chi connectivity index (χ3v) is 7.62. The predicted molar refractivity (Wildman–Crippen MR) is 167 cm³/mol. The maximum atomic E-state index is 14.6. The molecule has 10 nitrogen and oxygen atoms in total. The monoisotopic (exact) mass is 584 g/mol. The van der Waals surface area contributed by atoms with E-state index in [0.717, 1.165) is 11.1 Å². The van der Waals surface area contributed by atoms with E-state index >= 15 is 0 Å². The van der Waals surface area contributed by atoms with E-state index in [4.69, 9.17) is 11.5 Å². The first-order valence-corrected chi connectivity index (χ1v) is 14.3. The first-order chi connectivity index (χ1) is 20.4. The van der Waals surface area contributed by atoms with Crippen LogP contribution in [0.4, 0.5) is 21.0 Å². The van der Waals surface area contributed by atoms with E-state index in [-0.39, 0.29) is 30.1 Å². The van der Waals surface area contributed by atoms with E-state index in [1.807, 2.05) is 81.4 Å². The highest BCUT2D eigenvalue weighted by molar-refractivity contribution is 6.01. The maximum Gasteiger partial charge on any atom is 0.320 e. The number of hydrogen-bond acceptors (Lipinski definition) is 4. The van der Waals surface area contributed by atoms with Gasteiger partial charge in [0.2, 0.25) is 5.91 Å². The van der Waals surface area contributed by atoms with Crippen LogP contribution in [-0.2, 0) is 9.59 Å². The first-order valence-electron chi connectivity index (χ1n) is 14.3. The zero-order valence-electron chi connectivity index (χ0n) is 25.1. The minimum absolute atomic E-state index is 0.178. The number of benzene rings is 3. The number of carbonyl (C=O) groups is 4. The molecule has 0 aromatic heterocycles. The van der Waals surface area contributed by atoms with Gasteiger partial charge in [-0.15, -0.1) is 0 Å². The van der Waals surface area contributed by atoms with Crippen LogP contribution in [0.15, 0.2) is 84.9 Å². The minimum Gasteiger partial charge on any atom is -0.351 e. The van der Waals surface area contributed by atoms with E-state index in [9.17, 15) is 19.2 Å². The Morgan fingerprint density at radius 3 is 1.98 bits per heavy atom. The molecule has 5 N–H and O–H groups in total. The van der Waals surface area contributed by atoms with Crippen molar-refractivity contribution in [2.75, 3.05) is 16.8 Å². The summed E-state index contributed by atoms with van der Waals surface area (Å²) in [4.78, 5) is 55.5. The molecule has 3 aromatic rings. The molecule has 1 aliphatic rings. The van der Waals surface area contributed by atoms with Crippen molar-refractivity contribution >= 4 is 35.3 Å². The molecule has 0 spiro atoms. The fourth-order valence-corrected chi connectivity index (χ4v) is 5.56. The SMILES string of the molecule is CN(C(N)=O)c1cccc(N(C(N)=O)C2CC(c3ccccc3)CC(c3ccccc3)N(NC(=O)CC(C)(C)C)C2=O)c1. The summed E-state index contributed by atoms with van der Waals surface area (Å²) < 4.78 is 0. The van der Waals surface area contributed by atoms with Gasteiger partial charge in [0, 0.05) is 24.8 Å². The lowest BCUT2D eigenvalue weighted by Gasteiger charge is -2.36. The van der Waals surface area contributed by atoms with Crippen molar-refractivity contribution in [1.29, 1.82) is 0 Å². The van der Waals surface area contributed by atoms with Gasteiger partial charge in [-0.25, -0.2) is 14.6 Å². The predicted octanol–water partition coefficient (Wildman–Crippen LogP) is 5.07. The van der Waals surface area contributed by atoms with Crippen molar-refractivity contribution < 1.29 is 19.2 Å². The Morgan fingerprint density at radius 2 is 1.42 bits per heavy atom. The molecule has 3 unspecified atom stereocenters. The fourth-order valence-electron chi connectivity index (χ4n) is 5.56. The summed E-state index contributed by atoms with van der Waals surface area (Å²) in [6, 6.07) is 22.8. The standard InChI is InChI=1S/C33H40N6O4/c1-33(2,3)21-29(40)36-39-27(23-14-9-6-10-15-23)18-24(22-12-7-5-8-13-22)19-28(30(39)41)38(32(35)43)26-17-11-16-25(20-26)37(4)31(34)42/h5-17,20,24,27-28H,18-19,21H2,1-4H3,(H2,34,42)(H2,35,43)(H,36,40). The van der Waals surface area contributed by atoms with Crippen LogP contribution in [0.5, 0.6) is 0 Å². The zero-order chi connectivity index (χ0) is 31.3. The molecule has 3 aromatic carbocycles. The molecule has 0 saturated carbocycles. The highest BCUT2D eigenvalue weighted by Crippen LogP contribution is 2.41. The Hall–Kier alpha value is -4.86. The summed E-state index contributed by atoms with van der Waals surface area (Å²) >= 11 is 0.